The van der Waals surface area contributed by atoms with E-state index in [9.17, 15) is 13.2 Å². The van der Waals surface area contributed by atoms with Crippen LogP contribution in [0.25, 0.3) is 0 Å². The topological polar surface area (TPSA) is 85.1 Å². The second kappa shape index (κ2) is 10.7. The summed E-state index contributed by atoms with van der Waals surface area (Å²) in [6, 6.07) is 4.74. The number of aromatic nitrogens is 2. The lowest BCUT2D eigenvalue weighted by molar-refractivity contribution is -0.274. The average Bonchev–Trinajstić information content (AvgIpc) is 2.79. The number of hydrogen-bond donors (Lipinski definition) is 3. The Balaban J connectivity index is 1.32. The third kappa shape index (κ3) is 6.13. The van der Waals surface area contributed by atoms with Gasteiger partial charge in [-0.3, -0.25) is 0 Å². The van der Waals surface area contributed by atoms with Crippen LogP contribution in [-0.4, -0.2) is 29.9 Å². The van der Waals surface area contributed by atoms with Crippen LogP contribution in [0.5, 0.6) is 5.75 Å². The Kier molecular flexibility index (Phi) is 7.87. The molecule has 10 heteroatoms. The second-order valence-electron chi connectivity index (χ2n) is 9.25. The maximum absolute atomic E-state index is 12.7. The van der Waals surface area contributed by atoms with Gasteiger partial charge in [0.1, 0.15) is 11.6 Å². The van der Waals surface area contributed by atoms with Gasteiger partial charge in [-0.1, -0.05) is 22.0 Å². The molecule has 1 saturated carbocycles. The van der Waals surface area contributed by atoms with E-state index in [2.05, 4.69) is 41.3 Å². The van der Waals surface area contributed by atoms with Gasteiger partial charge in [0.2, 0.25) is 5.95 Å². The van der Waals surface area contributed by atoms with Crippen LogP contribution in [0.2, 0.25) is 0 Å². The molecule has 186 valence electrons. The normalized spacial score (nSPS) is 22.8. The number of nitrogens with one attached hydrogen (secondary N) is 2. The van der Waals surface area contributed by atoms with Gasteiger partial charge < -0.3 is 21.1 Å². The number of rotatable bonds is 7. The third-order valence-corrected chi connectivity index (χ3v) is 7.54. The van der Waals surface area contributed by atoms with E-state index >= 15 is 0 Å². The molecule has 0 aliphatic heterocycles. The first-order chi connectivity index (χ1) is 16.2. The molecule has 2 aliphatic rings. The van der Waals surface area contributed by atoms with E-state index in [1.54, 1.807) is 12.1 Å². The lowest BCUT2D eigenvalue weighted by Crippen LogP contribution is -2.30. The summed E-state index contributed by atoms with van der Waals surface area (Å²) in [4.78, 5) is 8.95. The fraction of sp³-hybridized carbons (Fsp3) is 0.583. The van der Waals surface area contributed by atoms with Crippen LogP contribution in [0, 0.1) is 11.8 Å². The van der Waals surface area contributed by atoms with Crippen molar-refractivity contribution in [3.8, 4) is 5.75 Å². The zero-order valence-electron chi connectivity index (χ0n) is 19.2. The minimum atomic E-state index is -4.71. The van der Waals surface area contributed by atoms with Gasteiger partial charge in [0, 0.05) is 29.2 Å². The number of aryl methyl sites for hydroxylation is 1. The molecule has 1 atom stereocenters. The van der Waals surface area contributed by atoms with Crippen molar-refractivity contribution in [3.05, 3.63) is 39.5 Å². The molecular formula is C24H31BrF3N5O. The van der Waals surface area contributed by atoms with Crippen molar-refractivity contribution in [1.82, 2.24) is 15.3 Å². The van der Waals surface area contributed by atoms with Crippen LogP contribution in [0.15, 0.2) is 22.7 Å². The third-order valence-electron chi connectivity index (χ3n) is 7.04. The van der Waals surface area contributed by atoms with Crippen LogP contribution < -0.4 is 21.1 Å². The number of halogens is 4. The maximum Gasteiger partial charge on any atom is 0.573 e. The Hall–Kier alpha value is -2.07. The Morgan fingerprint density at radius 1 is 1.15 bits per heavy atom. The van der Waals surface area contributed by atoms with Crippen molar-refractivity contribution < 1.29 is 17.9 Å². The molecule has 4 rings (SSSR count). The molecular weight excluding hydrogens is 511 g/mol. The smallest absolute Gasteiger partial charge is 0.405 e. The molecule has 2 aliphatic carbocycles. The van der Waals surface area contributed by atoms with Gasteiger partial charge in [-0.2, -0.15) is 4.98 Å². The van der Waals surface area contributed by atoms with Gasteiger partial charge in [-0.25, -0.2) is 4.98 Å². The Morgan fingerprint density at radius 2 is 1.91 bits per heavy atom. The van der Waals surface area contributed by atoms with Crippen LogP contribution in [-0.2, 0) is 13.0 Å². The highest BCUT2D eigenvalue weighted by Gasteiger charge is 2.35. The van der Waals surface area contributed by atoms with E-state index in [-0.39, 0.29) is 5.75 Å². The zero-order valence-corrected chi connectivity index (χ0v) is 20.8. The number of nitrogen functional groups attached to an aromatic ring is 1. The molecule has 1 aromatic heterocycles. The van der Waals surface area contributed by atoms with Gasteiger partial charge in [-0.15, -0.1) is 13.2 Å². The number of anilines is 2. The Bertz CT molecular complexity index is 978. The number of hydrogen-bond acceptors (Lipinski definition) is 6. The van der Waals surface area contributed by atoms with Gasteiger partial charge in [0.15, 0.2) is 0 Å². The summed E-state index contributed by atoms with van der Waals surface area (Å²) < 4.78 is 43.0. The van der Waals surface area contributed by atoms with Crippen molar-refractivity contribution in [2.24, 2.45) is 11.8 Å². The predicted molar refractivity (Wildman–Crippen MR) is 130 cm³/mol. The highest BCUT2D eigenvalue weighted by Crippen LogP contribution is 2.46. The number of alkyl halides is 3. The number of fused-ring (bicyclic) bond motifs is 1. The molecule has 0 bridgehead atoms. The van der Waals surface area contributed by atoms with Crippen molar-refractivity contribution in [3.63, 3.8) is 0 Å². The lowest BCUT2D eigenvalue weighted by atomic mass is 9.69. The molecule has 2 aromatic rings. The molecule has 34 heavy (non-hydrogen) atoms. The largest absolute Gasteiger partial charge is 0.573 e. The predicted octanol–water partition coefficient (Wildman–Crippen LogP) is 5.78. The van der Waals surface area contributed by atoms with Gasteiger partial charge in [-0.05, 0) is 81.4 Å². The van der Waals surface area contributed by atoms with E-state index in [4.69, 9.17) is 5.73 Å². The van der Waals surface area contributed by atoms with Crippen LogP contribution in [0.3, 0.4) is 0 Å². The molecule has 0 spiro atoms. The maximum atomic E-state index is 12.7. The monoisotopic (exact) mass is 541 g/mol. The summed E-state index contributed by atoms with van der Waals surface area (Å²) >= 11 is 3.21. The number of nitrogens with two attached hydrogens (primary N) is 1. The minimum Gasteiger partial charge on any atom is -0.405 e. The zero-order chi connectivity index (χ0) is 24.3. The molecule has 1 fully saturated rings. The number of nitrogens with zero attached hydrogens (tertiary/aromatic N) is 2. The van der Waals surface area contributed by atoms with Crippen molar-refractivity contribution in [2.75, 3.05) is 24.6 Å². The summed E-state index contributed by atoms with van der Waals surface area (Å²) in [5.74, 6) is 2.57. The molecule has 4 N–H and O–H groups in total. The van der Waals surface area contributed by atoms with E-state index in [0.29, 0.717) is 40.3 Å². The van der Waals surface area contributed by atoms with Gasteiger partial charge in [0.05, 0.1) is 5.69 Å². The number of ether oxygens (including phenoxy) is 1. The van der Waals surface area contributed by atoms with Gasteiger partial charge >= 0.3 is 6.36 Å². The fourth-order valence-electron chi connectivity index (χ4n) is 5.51. The van der Waals surface area contributed by atoms with Crippen molar-refractivity contribution in [2.45, 2.75) is 63.8 Å². The molecule has 1 aromatic carbocycles. The van der Waals surface area contributed by atoms with Crippen LogP contribution >= 0.6 is 15.9 Å². The average molecular weight is 542 g/mol. The first-order valence-corrected chi connectivity index (χ1v) is 12.6. The Morgan fingerprint density at radius 3 is 2.62 bits per heavy atom. The van der Waals surface area contributed by atoms with Crippen molar-refractivity contribution >= 4 is 27.7 Å². The summed E-state index contributed by atoms with van der Waals surface area (Å²) in [6.45, 7) is 1.11. The molecule has 6 nitrogen and oxygen atoms in total. The van der Waals surface area contributed by atoms with Gasteiger partial charge in [0.25, 0.3) is 0 Å². The summed E-state index contributed by atoms with van der Waals surface area (Å²) in [6.07, 6.45) is 2.96. The summed E-state index contributed by atoms with van der Waals surface area (Å²) in [7, 11) is 1.88. The second-order valence-corrected chi connectivity index (χ2v) is 10.2. The van der Waals surface area contributed by atoms with E-state index in [1.165, 1.54) is 11.6 Å². The van der Waals surface area contributed by atoms with Crippen LogP contribution in [0.1, 0.15) is 61.3 Å². The summed E-state index contributed by atoms with van der Waals surface area (Å²) in [5.41, 5.74) is 8.73. The van der Waals surface area contributed by atoms with E-state index < -0.39 is 6.36 Å². The standard InChI is InChI=1S/C24H31BrF3N5O/c1-30-22-21-18(3-2-4-19(21)32-23(29)33-22)15-7-5-14(6-8-15)12-31-13-16-9-10-17(25)11-20(16)34-24(26,27)28/h9-11,14-15,18,31H,2-8,12-13H2,1H3,(H3,29,30,32,33). The summed E-state index contributed by atoms with van der Waals surface area (Å²) in [5, 5.41) is 6.56. The first kappa shape index (κ1) is 25.0. The van der Waals surface area contributed by atoms with E-state index in [0.717, 1.165) is 63.0 Å². The molecule has 0 radical (unpaired) electrons. The fourth-order valence-corrected chi connectivity index (χ4v) is 5.85. The quantitative estimate of drug-likeness (QED) is 0.412. The SMILES string of the molecule is CNc1nc(N)nc2c1C(C1CCC(CNCc3ccc(Br)cc3OC(F)(F)F)CC1)CCC2. The molecule has 0 saturated heterocycles. The molecule has 1 unspecified atom stereocenters. The van der Waals surface area contributed by atoms with E-state index in [1.807, 2.05) is 7.05 Å². The first-order valence-electron chi connectivity index (χ1n) is 11.8. The Labute approximate surface area is 206 Å². The highest BCUT2D eigenvalue weighted by atomic mass is 79.9. The molecule has 1 heterocycles. The van der Waals surface area contributed by atoms with Crippen LogP contribution in [0.4, 0.5) is 24.9 Å². The lowest BCUT2D eigenvalue weighted by Gasteiger charge is -2.37. The minimum absolute atomic E-state index is 0.169. The molecule has 0 amide bonds. The number of benzene rings is 1. The van der Waals surface area contributed by atoms with Crippen molar-refractivity contribution in [1.29, 1.82) is 0 Å². The highest BCUT2D eigenvalue weighted by molar-refractivity contribution is 9.10.